The summed E-state index contributed by atoms with van der Waals surface area (Å²) in [7, 11) is 0. The first-order valence-electron chi connectivity index (χ1n) is 4.59. The Morgan fingerprint density at radius 3 is 3.08 bits per heavy atom. The molecule has 1 saturated carbocycles. The van der Waals surface area contributed by atoms with Crippen molar-refractivity contribution in [1.29, 1.82) is 0 Å². The van der Waals surface area contributed by atoms with Crippen LogP contribution in [-0.2, 0) is 0 Å². The van der Waals surface area contributed by atoms with Gasteiger partial charge in [-0.1, -0.05) is 25.1 Å². The smallest absolute Gasteiger partial charge is 0.122 e. The van der Waals surface area contributed by atoms with Gasteiger partial charge in [-0.2, -0.15) is 0 Å². The summed E-state index contributed by atoms with van der Waals surface area (Å²) in [5.74, 6) is 3.56. The average Bonchev–Trinajstić information content (AvgIpc) is 2.78. The van der Waals surface area contributed by atoms with Crippen LogP contribution in [0.2, 0.25) is 0 Å². The zero-order valence-corrected chi connectivity index (χ0v) is 7.16. The van der Waals surface area contributed by atoms with E-state index in [9.17, 15) is 0 Å². The third-order valence-electron chi connectivity index (χ3n) is 3.27. The van der Waals surface area contributed by atoms with E-state index in [0.29, 0.717) is 0 Å². The van der Waals surface area contributed by atoms with Gasteiger partial charge >= 0.3 is 0 Å². The number of hydrogen-bond acceptors (Lipinski definition) is 1. The Morgan fingerprint density at radius 2 is 2.17 bits per heavy atom. The molecule has 0 unspecified atom stereocenters. The molecule has 0 amide bonds. The summed E-state index contributed by atoms with van der Waals surface area (Å²) in [6, 6.07) is 8.44. The lowest BCUT2D eigenvalue weighted by atomic mass is 10.1. The lowest BCUT2D eigenvalue weighted by Gasteiger charge is -2.15. The van der Waals surface area contributed by atoms with Crippen LogP contribution in [0.3, 0.4) is 0 Å². The Labute approximate surface area is 72.4 Å². The van der Waals surface area contributed by atoms with E-state index in [4.69, 9.17) is 4.74 Å². The molecule has 0 radical (unpaired) electrons. The Kier molecular flexibility index (Phi) is 1.11. The summed E-state index contributed by atoms with van der Waals surface area (Å²) < 4.78 is 5.65. The predicted octanol–water partition coefficient (Wildman–Crippen LogP) is 2.43. The number of benzene rings is 1. The highest BCUT2D eigenvalue weighted by molar-refractivity contribution is 5.42. The molecule has 0 N–H and O–H groups in total. The van der Waals surface area contributed by atoms with Crippen LogP contribution in [0, 0.1) is 11.8 Å². The van der Waals surface area contributed by atoms with E-state index >= 15 is 0 Å². The third-order valence-corrected chi connectivity index (χ3v) is 3.27. The lowest BCUT2D eigenvalue weighted by Crippen LogP contribution is -2.07. The van der Waals surface area contributed by atoms with Crippen LogP contribution in [0.25, 0.3) is 0 Å². The highest BCUT2D eigenvalue weighted by Crippen LogP contribution is 2.58. The fourth-order valence-corrected chi connectivity index (χ4v) is 2.39. The minimum absolute atomic E-state index is 0.801. The summed E-state index contributed by atoms with van der Waals surface area (Å²) >= 11 is 0. The van der Waals surface area contributed by atoms with Crippen LogP contribution < -0.4 is 4.74 Å². The third kappa shape index (κ3) is 0.689. The average molecular weight is 160 g/mol. The fraction of sp³-hybridized carbons (Fsp3) is 0.455. The molecule has 3 atom stereocenters. The Bertz CT molecular complexity index is 319. The molecule has 62 valence electrons. The molecular formula is C11H12O. The van der Waals surface area contributed by atoms with E-state index in [0.717, 1.165) is 30.1 Å². The number of ether oxygens (including phenoxy) is 1. The van der Waals surface area contributed by atoms with Crippen molar-refractivity contribution in [3.63, 3.8) is 0 Å². The molecule has 1 aliphatic carbocycles. The molecule has 3 rings (SSSR count). The molecule has 1 heteroatoms. The van der Waals surface area contributed by atoms with Gasteiger partial charge in [0.2, 0.25) is 0 Å². The molecule has 1 aromatic carbocycles. The van der Waals surface area contributed by atoms with Gasteiger partial charge in [0.15, 0.2) is 0 Å². The second-order valence-corrected chi connectivity index (χ2v) is 3.90. The summed E-state index contributed by atoms with van der Waals surface area (Å²) in [5, 5.41) is 0. The van der Waals surface area contributed by atoms with E-state index in [2.05, 4.69) is 25.1 Å². The molecule has 1 nitrogen and oxygen atoms in total. The van der Waals surface area contributed by atoms with Gasteiger partial charge in [0, 0.05) is 5.92 Å². The molecule has 12 heavy (non-hydrogen) atoms. The van der Waals surface area contributed by atoms with Crippen LogP contribution >= 0.6 is 0 Å². The number of rotatable bonds is 0. The molecular weight excluding hydrogens is 148 g/mol. The number of hydrogen-bond donors (Lipinski definition) is 0. The van der Waals surface area contributed by atoms with Crippen molar-refractivity contribution in [1.82, 2.24) is 0 Å². The van der Waals surface area contributed by atoms with E-state index in [-0.39, 0.29) is 0 Å². The highest BCUT2D eigenvalue weighted by Gasteiger charge is 2.51. The minimum Gasteiger partial charge on any atom is -0.493 e. The zero-order valence-electron chi connectivity index (χ0n) is 7.16. The molecule has 0 saturated heterocycles. The Hall–Kier alpha value is -0.980. The van der Waals surface area contributed by atoms with Crippen molar-refractivity contribution in [3.8, 4) is 5.75 Å². The van der Waals surface area contributed by atoms with Gasteiger partial charge in [0.05, 0.1) is 6.61 Å². The Morgan fingerprint density at radius 1 is 1.33 bits per heavy atom. The molecule has 1 aromatic rings. The summed E-state index contributed by atoms with van der Waals surface area (Å²) in [4.78, 5) is 0. The topological polar surface area (TPSA) is 9.23 Å². The molecule has 1 heterocycles. The van der Waals surface area contributed by atoms with Gasteiger partial charge in [-0.15, -0.1) is 0 Å². The fourth-order valence-electron chi connectivity index (χ4n) is 2.39. The normalized spacial score (nSPS) is 36.2. The summed E-state index contributed by atoms with van der Waals surface area (Å²) in [5.41, 5.74) is 1.43. The van der Waals surface area contributed by atoms with Gasteiger partial charge in [-0.25, -0.2) is 0 Å². The van der Waals surface area contributed by atoms with Gasteiger partial charge in [-0.05, 0) is 23.5 Å². The van der Waals surface area contributed by atoms with Crippen molar-refractivity contribution in [3.05, 3.63) is 29.8 Å². The summed E-state index contributed by atoms with van der Waals surface area (Å²) in [6.45, 7) is 3.25. The van der Waals surface area contributed by atoms with Crippen LogP contribution in [0.15, 0.2) is 24.3 Å². The highest BCUT2D eigenvalue weighted by atomic mass is 16.5. The quantitative estimate of drug-likeness (QED) is 0.566. The monoisotopic (exact) mass is 160 g/mol. The number of fused-ring (bicyclic) bond motifs is 3. The van der Waals surface area contributed by atoms with Crippen molar-refractivity contribution >= 4 is 0 Å². The van der Waals surface area contributed by atoms with Crippen molar-refractivity contribution in [2.75, 3.05) is 6.61 Å². The second kappa shape index (κ2) is 2.03. The standard InChI is InChI=1S/C11H12O/c1-7-9-6-12-10-5-3-2-4-8(10)11(7)9/h2-5,7,9,11H,6H2,1H3/t7-,9+,11+/m1/s1. The largest absolute Gasteiger partial charge is 0.493 e. The number of para-hydroxylation sites is 1. The molecule has 0 spiro atoms. The van der Waals surface area contributed by atoms with Gasteiger partial charge < -0.3 is 4.74 Å². The zero-order chi connectivity index (χ0) is 8.13. The van der Waals surface area contributed by atoms with E-state index in [1.165, 1.54) is 5.56 Å². The van der Waals surface area contributed by atoms with Gasteiger partial charge in [0.25, 0.3) is 0 Å². The van der Waals surface area contributed by atoms with Crippen LogP contribution in [0.5, 0.6) is 5.75 Å². The first kappa shape index (κ1) is 6.53. The maximum absolute atomic E-state index is 5.65. The molecule has 0 bridgehead atoms. The Balaban J connectivity index is 2.10. The van der Waals surface area contributed by atoms with Crippen LogP contribution in [0.4, 0.5) is 0 Å². The van der Waals surface area contributed by atoms with Crippen LogP contribution in [-0.4, -0.2) is 6.61 Å². The molecule has 1 aliphatic heterocycles. The molecule has 2 aliphatic rings. The minimum atomic E-state index is 0.801. The van der Waals surface area contributed by atoms with Crippen molar-refractivity contribution in [2.24, 2.45) is 11.8 Å². The molecule has 0 aromatic heterocycles. The first-order valence-corrected chi connectivity index (χ1v) is 4.59. The first-order chi connectivity index (χ1) is 5.88. The SMILES string of the molecule is C[C@@H]1[C@@H]2COc3ccccc3[C@H]12. The molecule has 1 fully saturated rings. The van der Waals surface area contributed by atoms with Crippen LogP contribution in [0.1, 0.15) is 18.4 Å². The van der Waals surface area contributed by atoms with Gasteiger partial charge in [-0.3, -0.25) is 0 Å². The van der Waals surface area contributed by atoms with Gasteiger partial charge in [0.1, 0.15) is 5.75 Å². The maximum Gasteiger partial charge on any atom is 0.122 e. The maximum atomic E-state index is 5.65. The summed E-state index contributed by atoms with van der Waals surface area (Å²) in [6.07, 6.45) is 0. The van der Waals surface area contributed by atoms with Crippen molar-refractivity contribution < 1.29 is 4.74 Å². The predicted molar refractivity (Wildman–Crippen MR) is 47.3 cm³/mol. The van der Waals surface area contributed by atoms with E-state index in [1.54, 1.807) is 0 Å². The lowest BCUT2D eigenvalue weighted by molar-refractivity contribution is 0.276. The van der Waals surface area contributed by atoms with E-state index < -0.39 is 0 Å². The van der Waals surface area contributed by atoms with E-state index in [1.807, 2.05) is 6.07 Å². The second-order valence-electron chi connectivity index (χ2n) is 3.90. The van der Waals surface area contributed by atoms with Crippen molar-refractivity contribution in [2.45, 2.75) is 12.8 Å².